The van der Waals surface area contributed by atoms with Gasteiger partial charge >= 0.3 is 0 Å². The zero-order valence-electron chi connectivity index (χ0n) is 4.41. The molecule has 0 heterocycles. The summed E-state index contributed by atoms with van der Waals surface area (Å²) in [5, 5.41) is 0. The zero-order valence-corrected chi connectivity index (χ0v) is 4.41. The standard InChI is InChI=1S/C5H8F3/c6-3-1-2-5(8)4-7/h3,5H,1-2,4H2. The first kappa shape index (κ1) is 7.79. The Morgan fingerprint density at radius 1 is 1.50 bits per heavy atom. The van der Waals surface area contributed by atoms with Gasteiger partial charge in [-0.2, -0.15) is 0 Å². The summed E-state index contributed by atoms with van der Waals surface area (Å²) in [6.07, 6.45) is -1.53. The molecule has 0 aliphatic heterocycles. The van der Waals surface area contributed by atoms with Crippen molar-refractivity contribution in [3.63, 3.8) is 0 Å². The van der Waals surface area contributed by atoms with Gasteiger partial charge in [0.1, 0.15) is 19.5 Å². The van der Waals surface area contributed by atoms with Crippen molar-refractivity contribution in [2.24, 2.45) is 0 Å². The largest absolute Gasteiger partial charge is 0.248 e. The van der Waals surface area contributed by atoms with Crippen LogP contribution in [-0.4, -0.2) is 12.8 Å². The van der Waals surface area contributed by atoms with Crippen LogP contribution in [0, 0.1) is 6.67 Å². The molecular weight excluding hydrogens is 117 g/mol. The molecule has 1 radical (unpaired) electrons. The van der Waals surface area contributed by atoms with Gasteiger partial charge in [0.2, 0.25) is 0 Å². The van der Waals surface area contributed by atoms with Crippen LogP contribution in [0.3, 0.4) is 0 Å². The average Bonchev–Trinajstić information content (AvgIpc) is 1.83. The van der Waals surface area contributed by atoms with E-state index in [1.807, 2.05) is 0 Å². The molecule has 0 aromatic heterocycles. The van der Waals surface area contributed by atoms with Crippen LogP contribution in [0.5, 0.6) is 0 Å². The van der Waals surface area contributed by atoms with Crippen molar-refractivity contribution in [2.75, 3.05) is 6.67 Å². The van der Waals surface area contributed by atoms with Crippen molar-refractivity contribution in [3.05, 3.63) is 6.67 Å². The minimum absolute atomic E-state index is 0.00505. The second kappa shape index (κ2) is 4.94. The van der Waals surface area contributed by atoms with E-state index in [1.54, 1.807) is 0 Å². The fourth-order valence-corrected chi connectivity index (χ4v) is 0.321. The Morgan fingerprint density at radius 2 is 2.12 bits per heavy atom. The van der Waals surface area contributed by atoms with Crippen LogP contribution < -0.4 is 0 Å². The van der Waals surface area contributed by atoms with E-state index in [4.69, 9.17) is 0 Å². The van der Waals surface area contributed by atoms with Gasteiger partial charge in [0.15, 0.2) is 0 Å². The molecule has 0 aliphatic rings. The third kappa shape index (κ3) is 3.96. The first-order valence-electron chi connectivity index (χ1n) is 2.43. The van der Waals surface area contributed by atoms with Gasteiger partial charge in [-0.05, 0) is 12.8 Å². The molecule has 0 saturated carbocycles. The maximum absolute atomic E-state index is 11.8. The second-order valence-electron chi connectivity index (χ2n) is 1.48. The Hall–Kier alpha value is -0.210. The minimum atomic E-state index is -1.48. The molecule has 0 spiro atoms. The topological polar surface area (TPSA) is 0 Å². The van der Waals surface area contributed by atoms with E-state index in [1.165, 1.54) is 0 Å². The van der Waals surface area contributed by atoms with Crippen LogP contribution in [0.2, 0.25) is 0 Å². The lowest BCUT2D eigenvalue weighted by Gasteiger charge is -1.97. The highest BCUT2D eigenvalue weighted by Gasteiger charge is 2.03. The number of rotatable bonds is 4. The summed E-state index contributed by atoms with van der Waals surface area (Å²) < 4.78 is 34.0. The van der Waals surface area contributed by atoms with Crippen molar-refractivity contribution >= 4 is 0 Å². The molecule has 0 rings (SSSR count). The van der Waals surface area contributed by atoms with Crippen LogP contribution in [0.25, 0.3) is 0 Å². The number of hydrogen-bond acceptors (Lipinski definition) is 0. The molecule has 3 heteroatoms. The van der Waals surface area contributed by atoms with E-state index in [0.717, 1.165) is 0 Å². The fourth-order valence-electron chi connectivity index (χ4n) is 0.321. The smallest absolute Gasteiger partial charge is 0.131 e. The van der Waals surface area contributed by atoms with E-state index in [-0.39, 0.29) is 12.8 Å². The van der Waals surface area contributed by atoms with E-state index in [0.29, 0.717) is 6.67 Å². The minimum Gasteiger partial charge on any atom is -0.248 e. The summed E-state index contributed by atoms with van der Waals surface area (Å²) in [6.45, 7) is -0.671. The van der Waals surface area contributed by atoms with Gasteiger partial charge in [-0.3, -0.25) is 0 Å². The van der Waals surface area contributed by atoms with Crippen molar-refractivity contribution < 1.29 is 13.2 Å². The highest BCUT2D eigenvalue weighted by atomic mass is 19.2. The summed E-state index contributed by atoms with van der Waals surface area (Å²) in [5.41, 5.74) is 0. The Balaban J connectivity index is 2.86. The van der Waals surface area contributed by atoms with Gasteiger partial charge in [-0.1, -0.05) is 0 Å². The van der Waals surface area contributed by atoms with Crippen LogP contribution in [-0.2, 0) is 0 Å². The Morgan fingerprint density at radius 3 is 2.50 bits per heavy atom. The summed E-state index contributed by atoms with van der Waals surface area (Å²) in [4.78, 5) is 0. The Labute approximate surface area is 46.7 Å². The van der Waals surface area contributed by atoms with Crippen molar-refractivity contribution in [1.29, 1.82) is 0 Å². The lowest BCUT2D eigenvalue weighted by atomic mass is 10.2. The summed E-state index contributed by atoms with van der Waals surface area (Å²) in [6, 6.07) is 0. The van der Waals surface area contributed by atoms with Crippen LogP contribution in [0.1, 0.15) is 12.8 Å². The average molecular weight is 125 g/mol. The Kier molecular flexibility index (Phi) is 4.81. The van der Waals surface area contributed by atoms with Gasteiger partial charge in [0, 0.05) is 0 Å². The highest BCUT2D eigenvalue weighted by molar-refractivity contribution is 4.56. The molecule has 0 saturated heterocycles. The number of halogens is 3. The maximum Gasteiger partial charge on any atom is 0.131 e. The van der Waals surface area contributed by atoms with Gasteiger partial charge in [0.25, 0.3) is 0 Å². The van der Waals surface area contributed by atoms with Gasteiger partial charge in [-0.15, -0.1) is 0 Å². The molecule has 0 N–H and O–H groups in total. The first-order chi connectivity index (χ1) is 3.81. The van der Waals surface area contributed by atoms with E-state index in [2.05, 4.69) is 0 Å². The van der Waals surface area contributed by atoms with Gasteiger partial charge in [0.05, 0.1) is 0 Å². The predicted molar refractivity (Wildman–Crippen MR) is 25.5 cm³/mol. The van der Waals surface area contributed by atoms with E-state index in [9.17, 15) is 13.2 Å². The lowest BCUT2D eigenvalue weighted by molar-refractivity contribution is 0.243. The predicted octanol–water partition coefficient (Wildman–Crippen LogP) is 2.21. The highest BCUT2D eigenvalue weighted by Crippen LogP contribution is 2.04. The fraction of sp³-hybridized carbons (Fsp3) is 0.800. The zero-order chi connectivity index (χ0) is 6.41. The van der Waals surface area contributed by atoms with Crippen molar-refractivity contribution in [3.8, 4) is 0 Å². The monoisotopic (exact) mass is 125 g/mol. The second-order valence-corrected chi connectivity index (χ2v) is 1.48. The molecule has 0 aliphatic carbocycles. The molecule has 0 fully saturated rings. The molecule has 1 unspecified atom stereocenters. The molecule has 8 heavy (non-hydrogen) atoms. The molecule has 49 valence electrons. The molecule has 0 aromatic rings. The normalized spacial score (nSPS) is 13.9. The SMILES string of the molecule is F[CH]CCC(F)CF. The van der Waals surface area contributed by atoms with E-state index < -0.39 is 12.8 Å². The summed E-state index contributed by atoms with van der Waals surface area (Å²) in [7, 11) is 0. The van der Waals surface area contributed by atoms with Gasteiger partial charge in [-0.25, -0.2) is 13.2 Å². The molecule has 0 amide bonds. The van der Waals surface area contributed by atoms with Crippen LogP contribution in [0.15, 0.2) is 0 Å². The number of alkyl halides is 2. The molecule has 0 bridgehead atoms. The van der Waals surface area contributed by atoms with Crippen LogP contribution >= 0.6 is 0 Å². The van der Waals surface area contributed by atoms with Crippen molar-refractivity contribution in [1.82, 2.24) is 0 Å². The van der Waals surface area contributed by atoms with Crippen molar-refractivity contribution in [2.45, 2.75) is 19.0 Å². The van der Waals surface area contributed by atoms with Crippen LogP contribution in [0.4, 0.5) is 13.2 Å². The quantitative estimate of drug-likeness (QED) is 0.540. The third-order valence-corrected chi connectivity index (χ3v) is 0.756. The summed E-state index contributed by atoms with van der Waals surface area (Å²) >= 11 is 0. The van der Waals surface area contributed by atoms with E-state index >= 15 is 0 Å². The molecule has 0 nitrogen and oxygen atoms in total. The molecular formula is C5H8F3. The van der Waals surface area contributed by atoms with Gasteiger partial charge < -0.3 is 0 Å². The molecule has 1 atom stereocenters. The first-order valence-corrected chi connectivity index (χ1v) is 2.43. The number of hydrogen-bond donors (Lipinski definition) is 0. The third-order valence-electron chi connectivity index (χ3n) is 0.756. The summed E-state index contributed by atoms with van der Waals surface area (Å²) in [5.74, 6) is 0. The molecule has 0 aromatic carbocycles. The Bertz CT molecular complexity index is 46.9. The lowest BCUT2D eigenvalue weighted by Crippen LogP contribution is -2.00. The maximum atomic E-state index is 11.8.